The van der Waals surface area contributed by atoms with Crippen molar-refractivity contribution in [3.63, 3.8) is 0 Å². The molecular formula is C23H30N6O5. The number of benzene rings is 1. The van der Waals surface area contributed by atoms with Crippen LogP contribution in [0.4, 0.5) is 0 Å². The van der Waals surface area contributed by atoms with Crippen LogP contribution in [0.3, 0.4) is 0 Å². The zero-order valence-corrected chi connectivity index (χ0v) is 19.3. The van der Waals surface area contributed by atoms with Crippen LogP contribution in [0.5, 0.6) is 0 Å². The van der Waals surface area contributed by atoms with Gasteiger partial charge in [-0.3, -0.25) is 14.4 Å². The topological polar surface area (TPSA) is 139 Å². The molecule has 182 valence electrons. The summed E-state index contributed by atoms with van der Waals surface area (Å²) in [6.45, 7) is 3.93. The molecular weight excluding hydrogens is 440 g/mol. The van der Waals surface area contributed by atoms with E-state index in [-0.39, 0.29) is 25.1 Å². The molecule has 3 saturated heterocycles. The van der Waals surface area contributed by atoms with E-state index in [1.165, 1.54) is 4.90 Å². The van der Waals surface area contributed by atoms with Crippen molar-refractivity contribution < 1.29 is 24.2 Å². The fourth-order valence-electron chi connectivity index (χ4n) is 5.90. The number of aliphatic hydroxyl groups excluding tert-OH is 1. The van der Waals surface area contributed by atoms with Crippen LogP contribution in [0.25, 0.3) is 11.0 Å². The highest BCUT2D eigenvalue weighted by molar-refractivity contribution is 5.99. The van der Waals surface area contributed by atoms with Gasteiger partial charge in [-0.15, -0.1) is 5.10 Å². The van der Waals surface area contributed by atoms with E-state index >= 15 is 0 Å². The van der Waals surface area contributed by atoms with Gasteiger partial charge in [0.15, 0.2) is 0 Å². The summed E-state index contributed by atoms with van der Waals surface area (Å²) in [4.78, 5) is 41.6. The number of likely N-dealkylation sites (tertiary alicyclic amines) is 1. The summed E-state index contributed by atoms with van der Waals surface area (Å²) in [5, 5.41) is 23.8. The Bertz CT molecular complexity index is 1120. The van der Waals surface area contributed by atoms with E-state index in [0.29, 0.717) is 24.9 Å². The van der Waals surface area contributed by atoms with Crippen LogP contribution in [-0.2, 0) is 25.8 Å². The minimum absolute atomic E-state index is 0.0654. The second-order valence-electron chi connectivity index (χ2n) is 9.40. The van der Waals surface area contributed by atoms with Gasteiger partial charge in [0.2, 0.25) is 17.7 Å². The van der Waals surface area contributed by atoms with Crippen LogP contribution in [0.2, 0.25) is 0 Å². The molecule has 2 aromatic rings. The fourth-order valence-corrected chi connectivity index (χ4v) is 5.90. The first-order valence-electron chi connectivity index (χ1n) is 11.9. The fraction of sp³-hybridized carbons (Fsp3) is 0.609. The Morgan fingerprint density at radius 2 is 2.09 bits per heavy atom. The SMILES string of the molecule is CCCNC(=O)[C@@H]1[C@H]2C(=O)N([C@H](C)CO)C(C(=O)NCn3nnc4ccccc43)C23CC[C@H]1O3. The molecule has 4 heterocycles. The molecule has 3 aliphatic rings. The number of para-hydroxylation sites is 1. The van der Waals surface area contributed by atoms with Gasteiger partial charge in [0.05, 0.1) is 36.1 Å². The second-order valence-corrected chi connectivity index (χ2v) is 9.40. The number of fused-ring (bicyclic) bond motifs is 2. The lowest BCUT2D eigenvalue weighted by Crippen LogP contribution is -2.57. The number of rotatable bonds is 8. The first-order valence-corrected chi connectivity index (χ1v) is 11.9. The van der Waals surface area contributed by atoms with Gasteiger partial charge in [0.25, 0.3) is 0 Å². The summed E-state index contributed by atoms with van der Waals surface area (Å²) in [6, 6.07) is 5.87. The van der Waals surface area contributed by atoms with Gasteiger partial charge in [0.1, 0.15) is 23.8 Å². The largest absolute Gasteiger partial charge is 0.394 e. The van der Waals surface area contributed by atoms with Crippen LogP contribution in [0.1, 0.15) is 33.1 Å². The third kappa shape index (κ3) is 3.29. The monoisotopic (exact) mass is 470 g/mol. The third-order valence-corrected chi connectivity index (χ3v) is 7.40. The number of ether oxygens (including phenoxy) is 1. The molecule has 5 rings (SSSR count). The minimum atomic E-state index is -1.09. The number of hydrogen-bond acceptors (Lipinski definition) is 7. The maximum Gasteiger partial charge on any atom is 0.247 e. The van der Waals surface area contributed by atoms with Crippen molar-refractivity contribution in [3.8, 4) is 0 Å². The van der Waals surface area contributed by atoms with E-state index in [1.807, 2.05) is 31.2 Å². The standard InChI is InChI=1S/C23H30N6O5/c1-3-10-24-20(31)17-16-8-9-23(34-16)18(17)22(33)29(13(2)11-30)19(23)21(32)25-12-28-15-7-5-4-6-14(15)26-27-28/h4-7,13,16-19,30H,3,8-12H2,1-2H3,(H,24,31)(H,25,32)/t13-,16-,17+,18+,19?,23?/m1/s1. The van der Waals surface area contributed by atoms with Crippen molar-refractivity contribution in [1.82, 2.24) is 30.5 Å². The summed E-state index contributed by atoms with van der Waals surface area (Å²) >= 11 is 0. The van der Waals surface area contributed by atoms with E-state index < -0.39 is 41.5 Å². The zero-order chi connectivity index (χ0) is 24.0. The molecule has 1 aromatic heterocycles. The number of nitrogens with one attached hydrogen (secondary N) is 2. The number of aromatic nitrogens is 3. The van der Waals surface area contributed by atoms with Crippen molar-refractivity contribution in [2.45, 2.75) is 63.6 Å². The van der Waals surface area contributed by atoms with Crippen LogP contribution in [0, 0.1) is 11.8 Å². The maximum atomic E-state index is 13.6. The predicted molar refractivity (Wildman–Crippen MR) is 120 cm³/mol. The number of carbonyl (C=O) groups is 3. The zero-order valence-electron chi connectivity index (χ0n) is 19.3. The molecule has 6 atom stereocenters. The van der Waals surface area contributed by atoms with Gasteiger partial charge in [-0.25, -0.2) is 4.68 Å². The van der Waals surface area contributed by atoms with Crippen molar-refractivity contribution in [2.24, 2.45) is 11.8 Å². The molecule has 0 saturated carbocycles. The van der Waals surface area contributed by atoms with Crippen molar-refractivity contribution >= 4 is 28.8 Å². The molecule has 2 unspecified atom stereocenters. The average Bonchev–Trinajstić information content (AvgIpc) is 3.59. The first-order chi connectivity index (χ1) is 16.4. The lowest BCUT2D eigenvalue weighted by Gasteiger charge is -2.35. The molecule has 11 heteroatoms. The van der Waals surface area contributed by atoms with E-state index in [1.54, 1.807) is 11.6 Å². The molecule has 0 radical (unpaired) electrons. The molecule has 0 aliphatic carbocycles. The maximum absolute atomic E-state index is 13.6. The van der Waals surface area contributed by atoms with Crippen molar-refractivity contribution in [3.05, 3.63) is 24.3 Å². The Labute approximate surface area is 196 Å². The molecule has 3 aliphatic heterocycles. The van der Waals surface area contributed by atoms with Crippen molar-refractivity contribution in [2.75, 3.05) is 13.2 Å². The van der Waals surface area contributed by atoms with Crippen LogP contribution >= 0.6 is 0 Å². The summed E-state index contributed by atoms with van der Waals surface area (Å²) < 4.78 is 7.91. The van der Waals surface area contributed by atoms with E-state index in [2.05, 4.69) is 20.9 Å². The number of carbonyl (C=O) groups excluding carboxylic acids is 3. The van der Waals surface area contributed by atoms with Crippen LogP contribution in [-0.4, -0.2) is 79.7 Å². The van der Waals surface area contributed by atoms with Gasteiger partial charge in [0, 0.05) is 6.54 Å². The smallest absolute Gasteiger partial charge is 0.247 e. The Kier molecular flexibility index (Phi) is 5.76. The molecule has 1 aromatic carbocycles. The number of amides is 3. The number of hydrogen-bond donors (Lipinski definition) is 3. The van der Waals surface area contributed by atoms with Gasteiger partial charge in [-0.05, 0) is 38.3 Å². The summed E-state index contributed by atoms with van der Waals surface area (Å²) in [5.74, 6) is -2.31. The molecule has 2 bridgehead atoms. The highest BCUT2D eigenvalue weighted by atomic mass is 16.5. The Hall–Kier alpha value is -3.05. The van der Waals surface area contributed by atoms with Gasteiger partial charge >= 0.3 is 0 Å². The van der Waals surface area contributed by atoms with Gasteiger partial charge in [-0.2, -0.15) is 0 Å². The highest BCUT2D eigenvalue weighted by Crippen LogP contribution is 2.58. The summed E-state index contributed by atoms with van der Waals surface area (Å²) in [5.41, 5.74) is 0.391. The molecule has 1 spiro atoms. The lowest BCUT2D eigenvalue weighted by molar-refractivity contribution is -0.145. The Balaban J connectivity index is 1.43. The summed E-state index contributed by atoms with van der Waals surface area (Å²) in [6.07, 6.45) is 1.49. The molecule has 3 amide bonds. The lowest BCUT2D eigenvalue weighted by atomic mass is 9.70. The van der Waals surface area contributed by atoms with E-state index in [4.69, 9.17) is 4.74 Å². The third-order valence-electron chi connectivity index (χ3n) is 7.40. The van der Waals surface area contributed by atoms with Crippen molar-refractivity contribution in [1.29, 1.82) is 0 Å². The predicted octanol–water partition coefficient (Wildman–Crippen LogP) is -0.213. The Morgan fingerprint density at radius 3 is 2.85 bits per heavy atom. The van der Waals surface area contributed by atoms with Crippen LogP contribution in [0.15, 0.2) is 24.3 Å². The molecule has 34 heavy (non-hydrogen) atoms. The molecule has 3 N–H and O–H groups in total. The van der Waals surface area contributed by atoms with Gasteiger partial charge in [-0.1, -0.05) is 24.3 Å². The first kappa shape index (κ1) is 22.7. The quantitative estimate of drug-likeness (QED) is 0.485. The van der Waals surface area contributed by atoms with E-state index in [9.17, 15) is 19.5 Å². The normalized spacial score (nSPS) is 30.6. The molecule has 11 nitrogen and oxygen atoms in total. The Morgan fingerprint density at radius 1 is 1.29 bits per heavy atom. The van der Waals surface area contributed by atoms with Gasteiger partial charge < -0.3 is 25.4 Å². The average molecular weight is 471 g/mol. The summed E-state index contributed by atoms with van der Waals surface area (Å²) in [7, 11) is 0. The highest BCUT2D eigenvalue weighted by Gasteiger charge is 2.74. The van der Waals surface area contributed by atoms with E-state index in [0.717, 1.165) is 11.9 Å². The van der Waals surface area contributed by atoms with Crippen LogP contribution < -0.4 is 10.6 Å². The number of aliphatic hydroxyl groups is 1. The minimum Gasteiger partial charge on any atom is -0.394 e. The second kappa shape index (κ2) is 8.62. The number of nitrogens with zero attached hydrogens (tertiary/aromatic N) is 4. The molecule has 3 fully saturated rings.